The lowest BCUT2D eigenvalue weighted by Crippen LogP contribution is -2.31. The smallest absolute Gasteiger partial charge is 0.176 e. The number of aromatic nitrogens is 1. The van der Waals surface area contributed by atoms with Crippen LogP contribution in [0.25, 0.3) is 10.8 Å². The zero-order chi connectivity index (χ0) is 39.0. The van der Waals surface area contributed by atoms with Crippen LogP contribution in [0.1, 0.15) is 78.8 Å². The number of aliphatic imine (C=N–C) groups is 1. The number of Topliss-reactive ketones (excluding diaryl/α,β-unsaturated/α-hetero) is 1. The van der Waals surface area contributed by atoms with Gasteiger partial charge in [-0.05, 0) is 120 Å². The quantitative estimate of drug-likeness (QED) is 0.0662. The van der Waals surface area contributed by atoms with Gasteiger partial charge in [-0.1, -0.05) is 55.5 Å². The highest BCUT2D eigenvalue weighted by molar-refractivity contribution is 5.88. The molecule has 3 atom stereocenters. The van der Waals surface area contributed by atoms with Gasteiger partial charge >= 0.3 is 0 Å². The van der Waals surface area contributed by atoms with E-state index in [2.05, 4.69) is 47.2 Å². The predicted octanol–water partition coefficient (Wildman–Crippen LogP) is 9.21. The summed E-state index contributed by atoms with van der Waals surface area (Å²) in [4.78, 5) is 21.8. The Bertz CT molecular complexity index is 2180. The lowest BCUT2D eigenvalue weighted by atomic mass is 9.81. The summed E-state index contributed by atoms with van der Waals surface area (Å²) in [5.41, 5.74) is 7.14. The summed E-state index contributed by atoms with van der Waals surface area (Å²) in [6.45, 7) is 3.89. The molecule has 5 aromatic rings. The van der Waals surface area contributed by atoms with Crippen LogP contribution in [0.2, 0.25) is 0 Å². The largest absolute Gasteiger partial charge is 0.504 e. The third-order valence-corrected chi connectivity index (χ3v) is 11.7. The lowest BCUT2D eigenvalue weighted by Gasteiger charge is -2.26. The Hall–Kier alpha value is -5.47. The van der Waals surface area contributed by atoms with Crippen LogP contribution in [0, 0.1) is 18.4 Å². The molecule has 56 heavy (non-hydrogen) atoms. The number of nitrogens with one attached hydrogen (secondary N) is 1. The van der Waals surface area contributed by atoms with E-state index >= 15 is 0 Å². The van der Waals surface area contributed by atoms with E-state index in [1.54, 1.807) is 32.0 Å². The Morgan fingerprint density at radius 1 is 0.911 bits per heavy atom. The van der Waals surface area contributed by atoms with Gasteiger partial charge in [0.15, 0.2) is 29.2 Å². The van der Waals surface area contributed by atoms with Crippen LogP contribution in [-0.4, -0.2) is 51.6 Å². The number of H-pyrrole nitrogens is 1. The number of allylic oxidation sites excluding steroid dienone is 1. The molecule has 8 nitrogen and oxygen atoms in total. The Balaban J connectivity index is 1.17. The van der Waals surface area contributed by atoms with Crippen LogP contribution in [0.5, 0.6) is 23.0 Å². The highest BCUT2D eigenvalue weighted by Crippen LogP contribution is 2.39. The minimum Gasteiger partial charge on any atom is -0.504 e. The minimum absolute atomic E-state index is 0.0226. The van der Waals surface area contributed by atoms with E-state index in [0.717, 1.165) is 70.7 Å². The van der Waals surface area contributed by atoms with E-state index in [1.807, 2.05) is 48.8 Å². The molecule has 1 fully saturated rings. The summed E-state index contributed by atoms with van der Waals surface area (Å²) in [5, 5.41) is 36.1. The molecule has 7 rings (SSSR count). The maximum absolute atomic E-state index is 14.4. The van der Waals surface area contributed by atoms with Crippen LogP contribution in [0.4, 0.5) is 0 Å². The van der Waals surface area contributed by atoms with Crippen molar-refractivity contribution >= 4 is 22.8 Å². The molecule has 3 unspecified atom stereocenters. The first kappa shape index (κ1) is 38.8. The zero-order valence-electron chi connectivity index (χ0n) is 32.4. The molecule has 4 N–H and O–H groups in total. The SMILES string of the molecule is CCc1ccc2ccccc2c1Cc1c(CC(Cc2cc[nH]c2)C(O)CC(=O)C(CC2=C[CH+]N=C2)Cc2ccc(O)c(OC3CCCC3)c2)ccc(O)c1OC. The van der Waals surface area contributed by atoms with Crippen molar-refractivity contribution < 1.29 is 29.6 Å². The van der Waals surface area contributed by atoms with E-state index in [1.165, 1.54) is 11.1 Å². The van der Waals surface area contributed by atoms with Crippen LogP contribution >= 0.6 is 0 Å². The lowest BCUT2D eigenvalue weighted by molar-refractivity contribution is -0.125. The fourth-order valence-electron chi connectivity index (χ4n) is 8.60. The number of phenolic OH excluding ortho intramolecular Hbond substituents is 2. The fraction of sp³-hybridized carbons (Fsp3) is 0.354. The number of aliphatic hydroxyl groups excluding tert-OH is 1. The molecule has 1 aromatic heterocycles. The Morgan fingerprint density at radius 3 is 2.46 bits per heavy atom. The van der Waals surface area contributed by atoms with Crippen molar-refractivity contribution in [2.24, 2.45) is 16.8 Å². The molecule has 1 saturated carbocycles. The minimum atomic E-state index is -0.949. The summed E-state index contributed by atoms with van der Waals surface area (Å²) in [5.74, 6) is 0.280. The second kappa shape index (κ2) is 18.0. The summed E-state index contributed by atoms with van der Waals surface area (Å²) in [6, 6.07) is 23.7. The number of benzene rings is 4. The van der Waals surface area contributed by atoms with Gasteiger partial charge in [-0.15, -0.1) is 4.99 Å². The number of ether oxygens (including phenoxy) is 2. The van der Waals surface area contributed by atoms with Crippen LogP contribution in [0.3, 0.4) is 0 Å². The summed E-state index contributed by atoms with van der Waals surface area (Å²) in [6.07, 6.45) is 14.1. The number of hydrogen-bond acceptors (Lipinski definition) is 7. The summed E-state index contributed by atoms with van der Waals surface area (Å²) >= 11 is 0. The molecule has 0 spiro atoms. The summed E-state index contributed by atoms with van der Waals surface area (Å²) < 4.78 is 12.1. The van der Waals surface area contributed by atoms with Gasteiger partial charge < -0.3 is 29.8 Å². The van der Waals surface area contributed by atoms with E-state index in [-0.39, 0.29) is 35.7 Å². The van der Waals surface area contributed by atoms with Crippen molar-refractivity contribution in [2.75, 3.05) is 7.11 Å². The molecule has 2 heterocycles. The summed E-state index contributed by atoms with van der Waals surface area (Å²) in [7, 11) is 1.58. The number of hydrogen-bond donors (Lipinski definition) is 4. The van der Waals surface area contributed by atoms with Gasteiger partial charge in [0.05, 0.1) is 25.4 Å². The van der Waals surface area contributed by atoms with Gasteiger partial charge in [0.2, 0.25) is 0 Å². The standard InChI is InChI=1S/C48H52N2O6/c1-3-34-13-14-35-8-4-7-11-40(35)41(34)27-42-36(15-17-44(52)48(42)55-2)26-38(24-33-19-21-50-30-33)46(54)28-45(53)37(23-32-18-20-49-29-32)22-31-12-16-43(51)47(25-31)56-39-9-5-6-10-39/h4,7-8,11-21,25,29-30,37-39,46,50,54H,3,5-6,9-10,22-24,26-28H2,1-2H3,(H-,51,52)/p+1. The molecule has 290 valence electrons. The topological polar surface area (TPSA) is 124 Å². The molecular weight excluding hydrogens is 701 g/mol. The molecule has 1 aliphatic carbocycles. The average molecular weight is 754 g/mol. The first-order valence-corrected chi connectivity index (χ1v) is 20.0. The third kappa shape index (κ3) is 9.14. The number of ketones is 1. The normalized spacial score (nSPS) is 15.7. The monoisotopic (exact) mass is 753 g/mol. The van der Waals surface area contributed by atoms with Gasteiger partial charge in [-0.2, -0.15) is 0 Å². The molecule has 0 radical (unpaired) electrons. The second-order valence-corrected chi connectivity index (χ2v) is 15.4. The number of aromatic amines is 1. The average Bonchev–Trinajstić information content (AvgIpc) is 4.03. The fourth-order valence-corrected chi connectivity index (χ4v) is 8.60. The maximum Gasteiger partial charge on any atom is 0.176 e. The second-order valence-electron chi connectivity index (χ2n) is 15.4. The Morgan fingerprint density at radius 2 is 1.71 bits per heavy atom. The van der Waals surface area contributed by atoms with Gasteiger partial charge in [0.25, 0.3) is 0 Å². The number of methoxy groups -OCH3 is 1. The molecule has 0 bridgehead atoms. The van der Waals surface area contributed by atoms with E-state index in [9.17, 15) is 20.1 Å². The maximum atomic E-state index is 14.4. The highest BCUT2D eigenvalue weighted by Gasteiger charge is 2.31. The number of fused-ring (bicyclic) bond motifs is 1. The number of aryl methyl sites for hydroxylation is 1. The molecule has 4 aromatic carbocycles. The van der Waals surface area contributed by atoms with E-state index in [0.29, 0.717) is 43.6 Å². The highest BCUT2D eigenvalue weighted by atomic mass is 16.5. The van der Waals surface area contributed by atoms with Crippen molar-refractivity contribution in [3.8, 4) is 23.0 Å². The Kier molecular flexibility index (Phi) is 12.5. The van der Waals surface area contributed by atoms with Gasteiger partial charge in [-0.3, -0.25) is 4.79 Å². The molecular formula is C48H53N2O6+. The van der Waals surface area contributed by atoms with Gasteiger partial charge in [0, 0.05) is 43.1 Å². The van der Waals surface area contributed by atoms with E-state index in [4.69, 9.17) is 9.47 Å². The number of rotatable bonds is 18. The van der Waals surface area contributed by atoms with Crippen LogP contribution in [0.15, 0.2) is 102 Å². The van der Waals surface area contributed by atoms with Crippen molar-refractivity contribution in [1.29, 1.82) is 0 Å². The number of aliphatic hydroxyl groups is 1. The van der Waals surface area contributed by atoms with Crippen molar-refractivity contribution in [3.63, 3.8) is 0 Å². The predicted molar refractivity (Wildman–Crippen MR) is 222 cm³/mol. The van der Waals surface area contributed by atoms with E-state index < -0.39 is 12.0 Å². The molecule has 1 aliphatic heterocycles. The first-order valence-electron chi connectivity index (χ1n) is 20.0. The zero-order valence-corrected chi connectivity index (χ0v) is 32.4. The van der Waals surface area contributed by atoms with Crippen molar-refractivity contribution in [2.45, 2.75) is 89.8 Å². The first-order chi connectivity index (χ1) is 27.3. The molecule has 2 aliphatic rings. The van der Waals surface area contributed by atoms with Gasteiger partial charge in [0.1, 0.15) is 17.9 Å². The van der Waals surface area contributed by atoms with Crippen LogP contribution < -0.4 is 9.47 Å². The van der Waals surface area contributed by atoms with Crippen molar-refractivity contribution in [1.82, 2.24) is 4.98 Å². The number of phenols is 2. The van der Waals surface area contributed by atoms with Gasteiger partial charge in [-0.25, -0.2) is 0 Å². The Labute approximate surface area is 329 Å². The number of nitrogens with zero attached hydrogens (tertiary/aromatic N) is 1. The molecule has 8 heteroatoms. The number of carbonyl (C=O) groups excluding carboxylic acids is 1. The molecule has 0 saturated heterocycles. The molecule has 0 amide bonds. The number of carbonyl (C=O) groups is 1. The number of aromatic hydroxyl groups is 2. The van der Waals surface area contributed by atoms with Crippen LogP contribution in [-0.2, 0) is 36.9 Å². The van der Waals surface area contributed by atoms with Crippen molar-refractivity contribution in [3.05, 3.63) is 137 Å². The third-order valence-electron chi connectivity index (χ3n) is 11.7.